The van der Waals surface area contributed by atoms with Crippen LogP contribution in [0.4, 0.5) is 0 Å². The molecule has 1 amide bonds. The number of para-hydroxylation sites is 1. The Labute approximate surface area is 151 Å². The van der Waals surface area contributed by atoms with Crippen molar-refractivity contribution in [1.29, 1.82) is 0 Å². The molecule has 0 radical (unpaired) electrons. The quantitative estimate of drug-likeness (QED) is 0.683. The Morgan fingerprint density at radius 1 is 1.19 bits per heavy atom. The van der Waals surface area contributed by atoms with E-state index in [1.807, 2.05) is 37.3 Å². The molecule has 0 saturated heterocycles. The van der Waals surface area contributed by atoms with Crippen LogP contribution in [-0.2, 0) is 11.3 Å². The number of fused-ring (bicyclic) bond motifs is 1. The van der Waals surface area contributed by atoms with Gasteiger partial charge in [0.1, 0.15) is 18.9 Å². The maximum Gasteiger partial charge on any atom is 0.244 e. The van der Waals surface area contributed by atoms with Crippen molar-refractivity contribution in [3.8, 4) is 5.75 Å². The van der Waals surface area contributed by atoms with Gasteiger partial charge >= 0.3 is 0 Å². The van der Waals surface area contributed by atoms with Gasteiger partial charge in [0.15, 0.2) is 0 Å². The molecule has 3 aromatic rings. The van der Waals surface area contributed by atoms with Crippen LogP contribution in [0.15, 0.2) is 59.5 Å². The molecule has 0 aliphatic rings. The van der Waals surface area contributed by atoms with Gasteiger partial charge in [-0.05, 0) is 36.8 Å². The monoisotopic (exact) mass is 351 g/mol. The zero-order valence-electron chi connectivity index (χ0n) is 14.9. The Hall–Kier alpha value is -3.15. The second-order valence-electron chi connectivity index (χ2n) is 6.16. The average Bonchev–Trinajstić information content (AvgIpc) is 2.64. The number of aromatic nitrogens is 2. The lowest BCUT2D eigenvalue weighted by Gasteiger charge is -2.18. The van der Waals surface area contributed by atoms with Crippen molar-refractivity contribution in [3.63, 3.8) is 0 Å². The van der Waals surface area contributed by atoms with Crippen molar-refractivity contribution in [2.45, 2.75) is 13.5 Å². The van der Waals surface area contributed by atoms with E-state index in [4.69, 9.17) is 4.74 Å². The Kier molecular flexibility index (Phi) is 5.31. The molecule has 0 aliphatic heterocycles. The first-order chi connectivity index (χ1) is 12.5. The third-order valence-electron chi connectivity index (χ3n) is 4.16. The smallest absolute Gasteiger partial charge is 0.244 e. The fourth-order valence-electron chi connectivity index (χ4n) is 2.67. The van der Waals surface area contributed by atoms with Gasteiger partial charge < -0.3 is 9.64 Å². The molecule has 2 aromatic carbocycles. The number of hydrogen-bond donors (Lipinski definition) is 0. The van der Waals surface area contributed by atoms with Crippen molar-refractivity contribution in [3.05, 3.63) is 70.5 Å². The van der Waals surface area contributed by atoms with Gasteiger partial charge in [0.2, 0.25) is 11.3 Å². The van der Waals surface area contributed by atoms with E-state index in [9.17, 15) is 9.59 Å². The summed E-state index contributed by atoms with van der Waals surface area (Å²) in [6.07, 6.45) is 1.25. The maximum absolute atomic E-state index is 12.5. The number of likely N-dealkylation sites (N-methyl/N-ethyl adjacent to an activating group) is 1. The minimum absolute atomic E-state index is 0.0712. The summed E-state index contributed by atoms with van der Waals surface area (Å²) in [6, 6.07) is 14.9. The van der Waals surface area contributed by atoms with Crippen LogP contribution < -0.4 is 10.2 Å². The minimum Gasteiger partial charge on any atom is -0.492 e. The highest BCUT2D eigenvalue weighted by atomic mass is 16.5. The topological polar surface area (TPSA) is 64.4 Å². The third kappa shape index (κ3) is 4.08. The number of ether oxygens (including phenoxy) is 1. The Morgan fingerprint density at radius 3 is 2.81 bits per heavy atom. The van der Waals surface area contributed by atoms with E-state index < -0.39 is 0 Å². The molecule has 134 valence electrons. The van der Waals surface area contributed by atoms with Crippen LogP contribution in [0, 0.1) is 6.92 Å². The van der Waals surface area contributed by atoms with Crippen LogP contribution in [0.2, 0.25) is 0 Å². The summed E-state index contributed by atoms with van der Waals surface area (Å²) in [4.78, 5) is 25.9. The summed E-state index contributed by atoms with van der Waals surface area (Å²) in [6.45, 7) is 2.95. The van der Waals surface area contributed by atoms with Crippen molar-refractivity contribution in [2.24, 2.45) is 0 Å². The molecular formula is C20H21N3O3. The number of carbonyl (C=O) groups is 1. The van der Waals surface area contributed by atoms with Gasteiger partial charge in [-0.2, -0.15) is 5.10 Å². The van der Waals surface area contributed by atoms with E-state index in [2.05, 4.69) is 5.10 Å². The molecular weight excluding hydrogens is 330 g/mol. The van der Waals surface area contributed by atoms with Crippen molar-refractivity contribution in [2.75, 3.05) is 20.2 Å². The third-order valence-corrected chi connectivity index (χ3v) is 4.16. The second kappa shape index (κ2) is 7.82. The van der Waals surface area contributed by atoms with Crippen molar-refractivity contribution >= 4 is 16.8 Å². The number of carbonyl (C=O) groups excluding carboxylic acids is 1. The molecule has 6 heteroatoms. The lowest BCUT2D eigenvalue weighted by atomic mass is 10.2. The van der Waals surface area contributed by atoms with Crippen LogP contribution in [0.5, 0.6) is 5.75 Å². The molecule has 1 heterocycles. The Balaban J connectivity index is 1.61. The predicted octanol–water partition coefficient (Wildman–Crippen LogP) is 2.24. The summed E-state index contributed by atoms with van der Waals surface area (Å²) in [7, 11) is 1.73. The first-order valence-electron chi connectivity index (χ1n) is 8.43. The molecule has 0 N–H and O–H groups in total. The SMILES string of the molecule is Cc1cccc(OCCN(C)C(=O)Cn2ncc(=O)c3ccccc32)c1. The molecule has 0 bridgehead atoms. The molecule has 26 heavy (non-hydrogen) atoms. The van der Waals surface area contributed by atoms with E-state index >= 15 is 0 Å². The molecule has 0 aliphatic carbocycles. The van der Waals surface area contributed by atoms with Gasteiger partial charge in [-0.3, -0.25) is 14.3 Å². The summed E-state index contributed by atoms with van der Waals surface area (Å²) >= 11 is 0. The van der Waals surface area contributed by atoms with Crippen LogP contribution in [0.25, 0.3) is 10.9 Å². The van der Waals surface area contributed by atoms with E-state index in [1.165, 1.54) is 6.20 Å². The lowest BCUT2D eigenvalue weighted by Crippen LogP contribution is -2.34. The van der Waals surface area contributed by atoms with Crippen LogP contribution in [-0.4, -0.2) is 40.8 Å². The van der Waals surface area contributed by atoms with E-state index in [-0.39, 0.29) is 17.9 Å². The fourth-order valence-corrected chi connectivity index (χ4v) is 2.67. The normalized spacial score (nSPS) is 10.7. The summed E-state index contributed by atoms with van der Waals surface area (Å²) in [5.74, 6) is 0.693. The van der Waals surface area contributed by atoms with E-state index in [1.54, 1.807) is 34.8 Å². The highest BCUT2D eigenvalue weighted by Crippen LogP contribution is 2.12. The van der Waals surface area contributed by atoms with Crippen LogP contribution >= 0.6 is 0 Å². The second-order valence-corrected chi connectivity index (χ2v) is 6.16. The molecule has 0 atom stereocenters. The van der Waals surface area contributed by atoms with Gasteiger partial charge in [-0.25, -0.2) is 0 Å². The average molecular weight is 351 g/mol. The zero-order valence-corrected chi connectivity index (χ0v) is 14.9. The number of hydrogen-bond acceptors (Lipinski definition) is 4. The molecule has 3 rings (SSSR count). The summed E-state index contributed by atoms with van der Waals surface area (Å²) < 4.78 is 7.24. The zero-order chi connectivity index (χ0) is 18.5. The van der Waals surface area contributed by atoms with Gasteiger partial charge in [0.05, 0.1) is 18.3 Å². The van der Waals surface area contributed by atoms with Gasteiger partial charge in [-0.15, -0.1) is 0 Å². The number of amides is 1. The van der Waals surface area contributed by atoms with Crippen LogP contribution in [0.3, 0.4) is 0 Å². The number of benzene rings is 2. The van der Waals surface area contributed by atoms with Crippen molar-refractivity contribution < 1.29 is 9.53 Å². The highest BCUT2D eigenvalue weighted by Gasteiger charge is 2.12. The molecule has 0 fully saturated rings. The van der Waals surface area contributed by atoms with E-state index in [0.29, 0.717) is 24.1 Å². The Bertz CT molecular complexity index is 981. The highest BCUT2D eigenvalue weighted by molar-refractivity contribution is 5.81. The van der Waals surface area contributed by atoms with Crippen molar-refractivity contribution in [1.82, 2.24) is 14.7 Å². The number of nitrogens with zero attached hydrogens (tertiary/aromatic N) is 3. The van der Waals surface area contributed by atoms with Gasteiger partial charge in [-0.1, -0.05) is 24.3 Å². The maximum atomic E-state index is 12.5. The van der Waals surface area contributed by atoms with Gasteiger partial charge in [0, 0.05) is 12.4 Å². The van der Waals surface area contributed by atoms with E-state index in [0.717, 1.165) is 11.3 Å². The molecule has 1 aromatic heterocycles. The predicted molar refractivity (Wildman–Crippen MR) is 100 cm³/mol. The van der Waals surface area contributed by atoms with Crippen LogP contribution in [0.1, 0.15) is 5.56 Å². The number of aryl methyl sites for hydroxylation is 1. The molecule has 0 unspecified atom stereocenters. The number of rotatable bonds is 6. The first-order valence-corrected chi connectivity index (χ1v) is 8.43. The molecule has 0 spiro atoms. The summed E-state index contributed by atoms with van der Waals surface area (Å²) in [5, 5.41) is 4.65. The standard InChI is InChI=1S/C20H21N3O3/c1-15-6-5-7-16(12-15)26-11-10-22(2)20(25)14-23-18-9-4-3-8-17(18)19(24)13-21-23/h3-9,12-13H,10-11,14H2,1-2H3. The fraction of sp³-hybridized carbons (Fsp3) is 0.250. The Morgan fingerprint density at radius 2 is 2.00 bits per heavy atom. The largest absolute Gasteiger partial charge is 0.492 e. The lowest BCUT2D eigenvalue weighted by molar-refractivity contribution is -0.131. The molecule has 6 nitrogen and oxygen atoms in total. The first kappa shape index (κ1) is 17.7. The summed E-state index contributed by atoms with van der Waals surface area (Å²) in [5.41, 5.74) is 1.63. The molecule has 0 saturated carbocycles. The van der Waals surface area contributed by atoms with Gasteiger partial charge in [0.25, 0.3) is 0 Å². The minimum atomic E-state index is -0.149.